The van der Waals surface area contributed by atoms with Gasteiger partial charge in [-0.05, 0) is 31.0 Å². The molecule has 1 saturated heterocycles. The number of hydrogen-bond acceptors (Lipinski definition) is 6. The molecule has 0 unspecified atom stereocenters. The SMILES string of the molecule is COc1ccc([N+](=O)[O-])cc1NC(=O)[C@@H]1CCCN(S(=O)(=O)c2ccccc2)C1. The Bertz CT molecular complexity index is 1010. The second kappa shape index (κ2) is 8.58. The van der Waals surface area contributed by atoms with Gasteiger partial charge >= 0.3 is 0 Å². The molecule has 0 spiro atoms. The highest BCUT2D eigenvalue weighted by atomic mass is 32.2. The summed E-state index contributed by atoms with van der Waals surface area (Å²) in [5, 5.41) is 13.7. The minimum atomic E-state index is -3.69. The van der Waals surface area contributed by atoms with Gasteiger partial charge in [-0.2, -0.15) is 4.31 Å². The average Bonchev–Trinajstić information content (AvgIpc) is 2.74. The lowest BCUT2D eigenvalue weighted by Crippen LogP contribution is -2.43. The van der Waals surface area contributed by atoms with Crippen LogP contribution in [0.1, 0.15) is 12.8 Å². The molecule has 0 aromatic heterocycles. The molecule has 154 valence electrons. The van der Waals surface area contributed by atoms with E-state index in [1.54, 1.807) is 18.2 Å². The summed E-state index contributed by atoms with van der Waals surface area (Å²) in [5.74, 6) is -0.698. The van der Waals surface area contributed by atoms with Crippen LogP contribution in [0.25, 0.3) is 0 Å². The molecule has 2 aromatic carbocycles. The number of rotatable bonds is 6. The number of ether oxygens (including phenoxy) is 1. The lowest BCUT2D eigenvalue weighted by atomic mass is 9.98. The number of hydrogen-bond donors (Lipinski definition) is 1. The van der Waals surface area contributed by atoms with E-state index in [1.165, 1.54) is 41.7 Å². The second-order valence-electron chi connectivity index (χ2n) is 6.65. The van der Waals surface area contributed by atoms with E-state index in [4.69, 9.17) is 4.74 Å². The first-order valence-corrected chi connectivity index (χ1v) is 10.5. The fourth-order valence-electron chi connectivity index (χ4n) is 3.26. The number of nitrogens with one attached hydrogen (secondary N) is 1. The number of anilines is 1. The van der Waals surface area contributed by atoms with Gasteiger partial charge in [0.05, 0.1) is 28.5 Å². The molecule has 1 amide bonds. The third kappa shape index (κ3) is 4.54. The summed E-state index contributed by atoms with van der Waals surface area (Å²) in [7, 11) is -2.30. The van der Waals surface area contributed by atoms with Crippen LogP contribution in [-0.2, 0) is 14.8 Å². The number of carbonyl (C=O) groups excluding carboxylic acids is 1. The molecule has 0 radical (unpaired) electrons. The predicted molar refractivity (Wildman–Crippen MR) is 106 cm³/mol. The maximum Gasteiger partial charge on any atom is 0.271 e. The zero-order chi connectivity index (χ0) is 21.0. The molecule has 0 saturated carbocycles. The van der Waals surface area contributed by atoms with Crippen molar-refractivity contribution in [2.45, 2.75) is 17.7 Å². The van der Waals surface area contributed by atoms with Gasteiger partial charge in [0, 0.05) is 25.2 Å². The Morgan fingerprint density at radius 1 is 1.24 bits per heavy atom. The van der Waals surface area contributed by atoms with Gasteiger partial charge < -0.3 is 10.1 Å². The van der Waals surface area contributed by atoms with Crippen LogP contribution in [0.15, 0.2) is 53.4 Å². The number of amides is 1. The molecule has 10 heteroatoms. The van der Waals surface area contributed by atoms with E-state index in [0.717, 1.165) is 0 Å². The molecular formula is C19H21N3O6S. The van der Waals surface area contributed by atoms with E-state index in [9.17, 15) is 23.3 Å². The summed E-state index contributed by atoms with van der Waals surface area (Å²) in [5.41, 5.74) is -0.00670. The molecule has 1 aliphatic rings. The quantitative estimate of drug-likeness (QED) is 0.568. The Balaban J connectivity index is 1.77. The summed E-state index contributed by atoms with van der Waals surface area (Å²) < 4.78 is 32.1. The highest BCUT2D eigenvalue weighted by Crippen LogP contribution is 2.30. The Hall–Kier alpha value is -2.98. The van der Waals surface area contributed by atoms with Crippen molar-refractivity contribution in [2.75, 3.05) is 25.5 Å². The molecule has 0 bridgehead atoms. The van der Waals surface area contributed by atoms with E-state index >= 15 is 0 Å². The van der Waals surface area contributed by atoms with Gasteiger partial charge in [-0.25, -0.2) is 8.42 Å². The van der Waals surface area contributed by atoms with Gasteiger partial charge in [0.1, 0.15) is 5.75 Å². The van der Waals surface area contributed by atoms with E-state index in [0.29, 0.717) is 19.4 Å². The van der Waals surface area contributed by atoms with Crippen molar-refractivity contribution in [3.05, 3.63) is 58.6 Å². The lowest BCUT2D eigenvalue weighted by molar-refractivity contribution is -0.384. The van der Waals surface area contributed by atoms with Crippen molar-refractivity contribution in [2.24, 2.45) is 5.92 Å². The summed E-state index contributed by atoms with van der Waals surface area (Å²) in [4.78, 5) is 23.4. The first-order chi connectivity index (χ1) is 13.8. The number of non-ortho nitro benzene ring substituents is 1. The van der Waals surface area contributed by atoms with Crippen LogP contribution in [0, 0.1) is 16.0 Å². The standard InChI is InChI=1S/C19H21N3O6S/c1-28-18-10-9-15(22(24)25)12-17(18)20-19(23)14-6-5-11-21(13-14)29(26,27)16-7-3-2-4-8-16/h2-4,7-10,12,14H,5-6,11,13H2,1H3,(H,20,23)/t14-/m1/s1. The number of sulfonamides is 1. The van der Waals surface area contributed by atoms with Crippen LogP contribution >= 0.6 is 0 Å². The third-order valence-corrected chi connectivity index (χ3v) is 6.67. The highest BCUT2D eigenvalue weighted by Gasteiger charge is 2.33. The summed E-state index contributed by atoms with van der Waals surface area (Å²) in [6.45, 7) is 0.376. The number of nitrogens with zero attached hydrogens (tertiary/aromatic N) is 2. The molecule has 0 aliphatic carbocycles. The van der Waals surface area contributed by atoms with Gasteiger partial charge in [-0.15, -0.1) is 0 Å². The molecule has 1 N–H and O–H groups in total. The maximum atomic E-state index is 12.8. The van der Waals surface area contributed by atoms with Crippen molar-refractivity contribution in [3.63, 3.8) is 0 Å². The van der Waals surface area contributed by atoms with Gasteiger partial charge in [0.2, 0.25) is 15.9 Å². The molecule has 9 nitrogen and oxygen atoms in total. The Morgan fingerprint density at radius 2 is 1.97 bits per heavy atom. The number of nitro benzene ring substituents is 1. The molecule has 3 rings (SSSR count). The molecule has 1 heterocycles. The normalized spacial score (nSPS) is 17.5. The largest absolute Gasteiger partial charge is 0.495 e. The Kier molecular flexibility index (Phi) is 6.14. The number of carbonyl (C=O) groups is 1. The second-order valence-corrected chi connectivity index (χ2v) is 8.58. The topological polar surface area (TPSA) is 119 Å². The third-order valence-electron chi connectivity index (χ3n) is 4.79. The minimum absolute atomic E-state index is 0.0420. The number of benzene rings is 2. The van der Waals surface area contributed by atoms with Crippen LogP contribution in [0.5, 0.6) is 5.75 Å². The Labute approximate surface area is 168 Å². The van der Waals surface area contributed by atoms with Crippen LogP contribution in [0.2, 0.25) is 0 Å². The zero-order valence-electron chi connectivity index (χ0n) is 15.8. The molecule has 1 aliphatic heterocycles. The molecular weight excluding hydrogens is 398 g/mol. The van der Waals surface area contributed by atoms with Crippen LogP contribution in [0.4, 0.5) is 11.4 Å². The van der Waals surface area contributed by atoms with Gasteiger partial charge in [-0.1, -0.05) is 18.2 Å². The van der Waals surface area contributed by atoms with Crippen LogP contribution in [0.3, 0.4) is 0 Å². The maximum absolute atomic E-state index is 12.8. The van der Waals surface area contributed by atoms with E-state index < -0.39 is 26.8 Å². The van der Waals surface area contributed by atoms with E-state index in [1.807, 2.05) is 0 Å². The van der Waals surface area contributed by atoms with Gasteiger partial charge in [-0.3, -0.25) is 14.9 Å². The minimum Gasteiger partial charge on any atom is -0.495 e. The van der Waals surface area contributed by atoms with Crippen LogP contribution < -0.4 is 10.1 Å². The Morgan fingerprint density at radius 3 is 2.62 bits per heavy atom. The van der Waals surface area contributed by atoms with Crippen molar-refractivity contribution >= 4 is 27.3 Å². The lowest BCUT2D eigenvalue weighted by Gasteiger charge is -2.31. The molecule has 1 atom stereocenters. The average molecular weight is 419 g/mol. The smallest absolute Gasteiger partial charge is 0.271 e. The summed E-state index contributed by atoms with van der Waals surface area (Å²) in [6, 6.07) is 12.0. The zero-order valence-corrected chi connectivity index (χ0v) is 16.6. The first kappa shape index (κ1) is 20.7. The molecule has 29 heavy (non-hydrogen) atoms. The number of methoxy groups -OCH3 is 1. The van der Waals surface area contributed by atoms with E-state index in [-0.39, 0.29) is 28.6 Å². The summed E-state index contributed by atoms with van der Waals surface area (Å²) >= 11 is 0. The van der Waals surface area contributed by atoms with Crippen molar-refractivity contribution in [3.8, 4) is 5.75 Å². The fourth-order valence-corrected chi connectivity index (χ4v) is 4.80. The highest BCUT2D eigenvalue weighted by molar-refractivity contribution is 7.89. The fraction of sp³-hybridized carbons (Fsp3) is 0.316. The number of nitro groups is 1. The monoisotopic (exact) mass is 419 g/mol. The summed E-state index contributed by atoms with van der Waals surface area (Å²) in [6.07, 6.45) is 1.06. The molecule has 1 fully saturated rings. The van der Waals surface area contributed by atoms with Crippen molar-refractivity contribution in [1.29, 1.82) is 0 Å². The van der Waals surface area contributed by atoms with E-state index in [2.05, 4.69) is 5.32 Å². The van der Waals surface area contributed by atoms with Crippen molar-refractivity contribution in [1.82, 2.24) is 4.31 Å². The van der Waals surface area contributed by atoms with Gasteiger partial charge in [0.25, 0.3) is 5.69 Å². The number of piperidine rings is 1. The molecule has 2 aromatic rings. The van der Waals surface area contributed by atoms with Gasteiger partial charge in [0.15, 0.2) is 0 Å². The first-order valence-electron chi connectivity index (χ1n) is 9.01. The predicted octanol–water partition coefficient (Wildman–Crippen LogP) is 2.64. The van der Waals surface area contributed by atoms with Crippen LogP contribution in [-0.4, -0.2) is 43.8 Å². The van der Waals surface area contributed by atoms with Crippen molar-refractivity contribution < 1.29 is 22.9 Å².